The number of aromatic nitrogens is 2. The van der Waals surface area contributed by atoms with E-state index in [4.69, 9.17) is 9.84 Å². The summed E-state index contributed by atoms with van der Waals surface area (Å²) in [6.07, 6.45) is 0.533. The van der Waals surface area contributed by atoms with Crippen molar-refractivity contribution >= 4 is 12.0 Å². The molecule has 0 radical (unpaired) electrons. The van der Waals surface area contributed by atoms with Crippen LogP contribution in [0.15, 0.2) is 24.3 Å². The van der Waals surface area contributed by atoms with E-state index in [9.17, 15) is 9.59 Å². The Morgan fingerprint density at radius 1 is 1.23 bits per heavy atom. The SMILES string of the molecule is CC(C)c1ccc(-n2nc3c4c2CCN(C(=O)OC(C)(C)C)[C@H]4CNC(=O)C3)cc1. The van der Waals surface area contributed by atoms with Crippen LogP contribution in [0.4, 0.5) is 4.79 Å². The van der Waals surface area contributed by atoms with Crippen molar-refractivity contribution < 1.29 is 14.3 Å². The van der Waals surface area contributed by atoms with E-state index in [-0.39, 0.29) is 24.5 Å². The quantitative estimate of drug-likeness (QED) is 0.822. The maximum Gasteiger partial charge on any atom is 0.410 e. The van der Waals surface area contributed by atoms with Crippen molar-refractivity contribution in [2.24, 2.45) is 0 Å². The van der Waals surface area contributed by atoms with E-state index in [0.717, 1.165) is 22.6 Å². The van der Waals surface area contributed by atoms with Crippen LogP contribution >= 0.6 is 0 Å². The Bertz CT molecular complexity index is 970. The zero-order chi connectivity index (χ0) is 21.6. The second-order valence-corrected chi connectivity index (χ2v) is 9.39. The predicted octanol–water partition coefficient (Wildman–Crippen LogP) is 3.50. The number of carbonyl (C=O) groups is 2. The third kappa shape index (κ3) is 3.80. The number of benzene rings is 1. The molecule has 7 heteroatoms. The first kappa shape index (κ1) is 20.4. The molecule has 7 nitrogen and oxygen atoms in total. The minimum Gasteiger partial charge on any atom is -0.444 e. The lowest BCUT2D eigenvalue weighted by Crippen LogP contribution is -2.46. The standard InChI is InChI=1S/C23H30N4O3/c1-14(2)15-6-8-16(9-7-15)27-18-10-11-26(22(29)30-23(3,4)5)19-13-24-20(28)12-17(25-27)21(18)19/h6-9,14,19H,10-13H2,1-5H3,(H,24,28)/t19-/m0/s1. The van der Waals surface area contributed by atoms with Gasteiger partial charge in [0.05, 0.1) is 29.5 Å². The van der Waals surface area contributed by atoms with Gasteiger partial charge in [0.15, 0.2) is 0 Å². The van der Waals surface area contributed by atoms with Gasteiger partial charge in [-0.3, -0.25) is 9.69 Å². The topological polar surface area (TPSA) is 76.5 Å². The minimum absolute atomic E-state index is 0.0730. The van der Waals surface area contributed by atoms with Crippen LogP contribution < -0.4 is 5.32 Å². The maximum absolute atomic E-state index is 12.9. The Labute approximate surface area is 177 Å². The van der Waals surface area contributed by atoms with Crippen LogP contribution in [0.3, 0.4) is 0 Å². The largest absolute Gasteiger partial charge is 0.444 e. The number of hydrogen-bond acceptors (Lipinski definition) is 4. The number of nitrogens with one attached hydrogen (secondary N) is 1. The normalized spacial score (nSPS) is 18.7. The van der Waals surface area contributed by atoms with Crippen molar-refractivity contribution in [3.63, 3.8) is 0 Å². The summed E-state index contributed by atoms with van der Waals surface area (Å²) in [6.45, 7) is 10.8. The van der Waals surface area contributed by atoms with E-state index < -0.39 is 5.60 Å². The summed E-state index contributed by atoms with van der Waals surface area (Å²) in [4.78, 5) is 26.9. The van der Waals surface area contributed by atoms with Crippen LogP contribution in [0, 0.1) is 0 Å². The molecular weight excluding hydrogens is 380 g/mol. The first-order valence-electron chi connectivity index (χ1n) is 10.6. The smallest absolute Gasteiger partial charge is 0.410 e. The van der Waals surface area contributed by atoms with E-state index in [1.54, 1.807) is 4.90 Å². The lowest BCUT2D eigenvalue weighted by Gasteiger charge is -2.36. The highest BCUT2D eigenvalue weighted by Crippen LogP contribution is 2.36. The fourth-order valence-electron chi connectivity index (χ4n) is 4.20. The summed E-state index contributed by atoms with van der Waals surface area (Å²) in [6, 6.07) is 8.13. The molecule has 0 fully saturated rings. The van der Waals surface area contributed by atoms with Gasteiger partial charge in [0.1, 0.15) is 5.60 Å². The molecule has 2 aliphatic rings. The van der Waals surface area contributed by atoms with E-state index >= 15 is 0 Å². The molecule has 1 N–H and O–H groups in total. The van der Waals surface area contributed by atoms with Crippen molar-refractivity contribution in [3.05, 3.63) is 46.8 Å². The molecule has 0 aliphatic carbocycles. The van der Waals surface area contributed by atoms with Gasteiger partial charge < -0.3 is 10.1 Å². The molecule has 0 spiro atoms. The molecule has 30 heavy (non-hydrogen) atoms. The average Bonchev–Trinajstić information content (AvgIpc) is 2.94. The van der Waals surface area contributed by atoms with Gasteiger partial charge in [-0.1, -0.05) is 26.0 Å². The summed E-state index contributed by atoms with van der Waals surface area (Å²) in [5, 5.41) is 7.74. The maximum atomic E-state index is 12.9. The monoisotopic (exact) mass is 410 g/mol. The minimum atomic E-state index is -0.573. The summed E-state index contributed by atoms with van der Waals surface area (Å²) in [7, 11) is 0. The van der Waals surface area contributed by atoms with Crippen molar-refractivity contribution in [1.29, 1.82) is 0 Å². The Kier molecular flexibility index (Phi) is 5.08. The van der Waals surface area contributed by atoms with Crippen LogP contribution in [-0.2, 0) is 22.4 Å². The molecule has 1 aromatic heterocycles. The van der Waals surface area contributed by atoms with Gasteiger partial charge in [0.25, 0.3) is 0 Å². The first-order valence-corrected chi connectivity index (χ1v) is 10.6. The second-order valence-electron chi connectivity index (χ2n) is 9.39. The number of ether oxygens (including phenoxy) is 1. The Hall–Kier alpha value is -2.83. The highest BCUT2D eigenvalue weighted by molar-refractivity contribution is 5.80. The van der Waals surface area contributed by atoms with Crippen LogP contribution in [0.1, 0.15) is 69.1 Å². The molecule has 1 atom stereocenters. The van der Waals surface area contributed by atoms with Crippen molar-refractivity contribution in [1.82, 2.24) is 20.0 Å². The molecule has 2 aliphatic heterocycles. The predicted molar refractivity (Wildman–Crippen MR) is 114 cm³/mol. The molecule has 0 saturated carbocycles. The molecule has 2 amide bonds. The molecule has 4 rings (SSSR count). The Balaban J connectivity index is 1.74. The van der Waals surface area contributed by atoms with Crippen LogP contribution in [0.2, 0.25) is 0 Å². The average molecular weight is 411 g/mol. The first-order chi connectivity index (χ1) is 14.1. The Morgan fingerprint density at radius 2 is 1.93 bits per heavy atom. The van der Waals surface area contributed by atoms with Gasteiger partial charge >= 0.3 is 6.09 Å². The highest BCUT2D eigenvalue weighted by atomic mass is 16.6. The molecule has 2 aromatic rings. The van der Waals surface area contributed by atoms with Crippen LogP contribution in [0.25, 0.3) is 5.69 Å². The number of hydrogen-bond donors (Lipinski definition) is 1. The van der Waals surface area contributed by atoms with Gasteiger partial charge in [-0.2, -0.15) is 5.10 Å². The molecule has 3 heterocycles. The summed E-state index contributed by atoms with van der Waals surface area (Å²) in [5.41, 5.74) is 4.48. The molecular formula is C23H30N4O3. The van der Waals surface area contributed by atoms with Crippen molar-refractivity contribution in [2.45, 2.75) is 65.0 Å². The lowest BCUT2D eigenvalue weighted by atomic mass is 9.96. The molecule has 0 unspecified atom stereocenters. The molecule has 0 saturated heterocycles. The van der Waals surface area contributed by atoms with Gasteiger partial charge in [-0.25, -0.2) is 9.48 Å². The zero-order valence-electron chi connectivity index (χ0n) is 18.4. The number of amides is 2. The van der Waals surface area contributed by atoms with E-state index in [1.165, 1.54) is 5.56 Å². The van der Waals surface area contributed by atoms with Crippen LogP contribution in [-0.4, -0.2) is 45.4 Å². The number of rotatable bonds is 2. The molecule has 160 valence electrons. The lowest BCUT2D eigenvalue weighted by molar-refractivity contribution is -0.120. The van der Waals surface area contributed by atoms with Gasteiger partial charge in [-0.15, -0.1) is 0 Å². The highest BCUT2D eigenvalue weighted by Gasteiger charge is 2.40. The van der Waals surface area contributed by atoms with E-state index in [2.05, 4.69) is 43.4 Å². The third-order valence-electron chi connectivity index (χ3n) is 5.65. The van der Waals surface area contributed by atoms with Gasteiger partial charge in [-0.05, 0) is 44.4 Å². The van der Waals surface area contributed by atoms with E-state index in [1.807, 2.05) is 25.5 Å². The summed E-state index contributed by atoms with van der Waals surface area (Å²) < 4.78 is 7.58. The molecule has 0 bridgehead atoms. The van der Waals surface area contributed by atoms with Crippen LogP contribution in [0.5, 0.6) is 0 Å². The number of carbonyl (C=O) groups excluding carboxylic acids is 2. The van der Waals surface area contributed by atoms with Gasteiger partial charge in [0, 0.05) is 25.1 Å². The number of nitrogens with zero attached hydrogens (tertiary/aromatic N) is 3. The third-order valence-corrected chi connectivity index (χ3v) is 5.65. The fraction of sp³-hybridized carbons (Fsp3) is 0.522. The summed E-state index contributed by atoms with van der Waals surface area (Å²) in [5.74, 6) is 0.387. The van der Waals surface area contributed by atoms with E-state index in [0.29, 0.717) is 25.4 Å². The summed E-state index contributed by atoms with van der Waals surface area (Å²) >= 11 is 0. The van der Waals surface area contributed by atoms with Crippen molar-refractivity contribution in [2.75, 3.05) is 13.1 Å². The Morgan fingerprint density at radius 3 is 2.57 bits per heavy atom. The fourth-order valence-corrected chi connectivity index (χ4v) is 4.20. The zero-order valence-corrected chi connectivity index (χ0v) is 18.4. The second kappa shape index (κ2) is 7.45. The van der Waals surface area contributed by atoms with Crippen molar-refractivity contribution in [3.8, 4) is 5.69 Å². The van der Waals surface area contributed by atoms with Gasteiger partial charge in [0.2, 0.25) is 5.91 Å². The molecule has 1 aromatic carbocycles.